The molecule has 0 amide bonds. The molecule has 0 saturated heterocycles. The fraction of sp³-hybridized carbons (Fsp3) is 0.647. The Kier molecular flexibility index (Phi) is 6.03. The predicted octanol–water partition coefficient (Wildman–Crippen LogP) is 5.22. The van der Waals surface area contributed by atoms with Gasteiger partial charge in [-0.3, -0.25) is 0 Å². The van der Waals surface area contributed by atoms with Crippen LogP contribution in [-0.4, -0.2) is 12.1 Å². The molecular formula is C17H27ClFN. The number of hydrogen-bond acceptors (Lipinski definition) is 1. The molecule has 0 saturated carbocycles. The van der Waals surface area contributed by atoms with E-state index in [0.29, 0.717) is 12.0 Å². The number of hydrogen-bond donors (Lipinski definition) is 1. The second-order valence-corrected chi connectivity index (χ2v) is 7.46. The highest BCUT2D eigenvalue weighted by molar-refractivity contribution is 6.30. The van der Waals surface area contributed by atoms with E-state index in [2.05, 4.69) is 39.9 Å². The zero-order chi connectivity index (χ0) is 15.4. The highest BCUT2D eigenvalue weighted by atomic mass is 35.5. The van der Waals surface area contributed by atoms with Crippen molar-refractivity contribution in [1.29, 1.82) is 0 Å². The maximum atomic E-state index is 14.1. The third-order valence-electron chi connectivity index (χ3n) is 3.55. The molecule has 0 fully saturated rings. The van der Waals surface area contributed by atoms with Crippen LogP contribution in [-0.2, 0) is 6.42 Å². The van der Waals surface area contributed by atoms with Gasteiger partial charge in [-0.25, -0.2) is 4.39 Å². The smallest absolute Gasteiger partial charge is 0.144 e. The van der Waals surface area contributed by atoms with Crippen LogP contribution in [0.15, 0.2) is 18.2 Å². The van der Waals surface area contributed by atoms with Gasteiger partial charge in [0.2, 0.25) is 0 Å². The molecule has 0 aliphatic carbocycles. The third-order valence-corrected chi connectivity index (χ3v) is 3.84. The molecule has 0 radical (unpaired) electrons. The number of halogens is 2. The first-order valence-corrected chi connectivity index (χ1v) is 7.72. The van der Waals surface area contributed by atoms with Gasteiger partial charge in [0.25, 0.3) is 0 Å². The van der Waals surface area contributed by atoms with Crippen LogP contribution < -0.4 is 5.32 Å². The minimum absolute atomic E-state index is 0.0353. The Morgan fingerprint density at radius 1 is 1.20 bits per heavy atom. The van der Waals surface area contributed by atoms with E-state index in [1.807, 2.05) is 12.1 Å². The van der Waals surface area contributed by atoms with Crippen molar-refractivity contribution >= 4 is 11.6 Å². The molecule has 1 aromatic carbocycles. The van der Waals surface area contributed by atoms with Gasteiger partial charge in [-0.05, 0) is 50.7 Å². The molecule has 1 rings (SSSR count). The fourth-order valence-electron chi connectivity index (χ4n) is 2.47. The molecule has 1 nitrogen and oxygen atoms in total. The van der Waals surface area contributed by atoms with Crippen molar-refractivity contribution in [1.82, 2.24) is 5.32 Å². The Bertz CT molecular complexity index is 439. The summed E-state index contributed by atoms with van der Waals surface area (Å²) in [7, 11) is 0. The third kappa shape index (κ3) is 5.41. The van der Waals surface area contributed by atoms with Crippen molar-refractivity contribution in [2.75, 3.05) is 6.54 Å². The van der Waals surface area contributed by atoms with Crippen LogP contribution in [0.25, 0.3) is 0 Å². The molecule has 114 valence electrons. The Morgan fingerprint density at radius 2 is 1.85 bits per heavy atom. The van der Waals surface area contributed by atoms with Crippen LogP contribution in [0.5, 0.6) is 0 Å². The summed E-state index contributed by atoms with van der Waals surface area (Å²) in [6.07, 6.45) is 2.85. The molecular weight excluding hydrogens is 273 g/mol. The first-order valence-electron chi connectivity index (χ1n) is 7.35. The van der Waals surface area contributed by atoms with Crippen LogP contribution in [0.4, 0.5) is 4.39 Å². The van der Waals surface area contributed by atoms with E-state index >= 15 is 0 Å². The lowest BCUT2D eigenvalue weighted by atomic mass is 9.79. The van der Waals surface area contributed by atoms with Gasteiger partial charge in [0, 0.05) is 12.1 Å². The van der Waals surface area contributed by atoms with E-state index < -0.39 is 0 Å². The molecule has 3 heteroatoms. The fourth-order valence-corrected chi connectivity index (χ4v) is 2.66. The Hall–Kier alpha value is -0.600. The van der Waals surface area contributed by atoms with Crippen LogP contribution >= 0.6 is 11.6 Å². The van der Waals surface area contributed by atoms with Crippen molar-refractivity contribution in [3.05, 3.63) is 34.6 Å². The quantitative estimate of drug-likeness (QED) is 0.759. The highest BCUT2D eigenvalue weighted by Gasteiger charge is 2.27. The largest absolute Gasteiger partial charge is 0.312 e. The summed E-state index contributed by atoms with van der Waals surface area (Å²) in [6.45, 7) is 11.7. The Morgan fingerprint density at radius 3 is 2.40 bits per heavy atom. The normalized spacial score (nSPS) is 15.2. The van der Waals surface area contributed by atoms with Gasteiger partial charge in [-0.15, -0.1) is 0 Å². The maximum Gasteiger partial charge on any atom is 0.144 e. The Balaban J connectivity index is 2.87. The van der Waals surface area contributed by atoms with Crippen LogP contribution in [0, 0.1) is 11.2 Å². The van der Waals surface area contributed by atoms with Gasteiger partial charge >= 0.3 is 0 Å². The number of benzene rings is 1. The summed E-state index contributed by atoms with van der Waals surface area (Å²) in [5.41, 5.74) is 0.819. The minimum Gasteiger partial charge on any atom is -0.312 e. The number of rotatable bonds is 6. The molecule has 1 atom stereocenters. The lowest BCUT2D eigenvalue weighted by Crippen LogP contribution is -2.43. The van der Waals surface area contributed by atoms with Gasteiger partial charge in [0.05, 0.1) is 5.02 Å². The standard InChI is InChI=1S/C17H27ClFN/c1-6-10-17(5,12-20-16(2,3)4)11-13-8-7-9-14(18)15(13)19/h7-9,20H,6,10-12H2,1-5H3. The molecule has 1 unspecified atom stereocenters. The summed E-state index contributed by atoms with van der Waals surface area (Å²) in [6, 6.07) is 5.27. The lowest BCUT2D eigenvalue weighted by Gasteiger charge is -2.34. The summed E-state index contributed by atoms with van der Waals surface area (Å²) in [4.78, 5) is 0. The zero-order valence-electron chi connectivity index (χ0n) is 13.3. The van der Waals surface area contributed by atoms with E-state index in [1.54, 1.807) is 6.07 Å². The van der Waals surface area contributed by atoms with Gasteiger partial charge in [-0.1, -0.05) is 44.0 Å². The second kappa shape index (κ2) is 6.91. The van der Waals surface area contributed by atoms with Gasteiger partial charge in [-0.2, -0.15) is 0 Å². The van der Waals surface area contributed by atoms with Crippen molar-refractivity contribution in [3.63, 3.8) is 0 Å². The summed E-state index contributed by atoms with van der Waals surface area (Å²) < 4.78 is 14.1. The van der Waals surface area contributed by atoms with Gasteiger partial charge < -0.3 is 5.32 Å². The van der Waals surface area contributed by atoms with Crippen LogP contribution in [0.1, 0.15) is 53.0 Å². The molecule has 1 aromatic rings. The molecule has 0 aliphatic rings. The summed E-state index contributed by atoms with van der Waals surface area (Å²) in [5.74, 6) is -0.271. The van der Waals surface area contributed by atoms with Crippen molar-refractivity contribution in [3.8, 4) is 0 Å². The molecule has 0 bridgehead atoms. The van der Waals surface area contributed by atoms with Crippen molar-refractivity contribution in [2.24, 2.45) is 5.41 Å². The van der Waals surface area contributed by atoms with E-state index in [1.165, 1.54) is 0 Å². The van der Waals surface area contributed by atoms with Crippen molar-refractivity contribution in [2.45, 2.75) is 59.4 Å². The monoisotopic (exact) mass is 299 g/mol. The number of nitrogens with one attached hydrogen (secondary N) is 1. The second-order valence-electron chi connectivity index (χ2n) is 7.05. The molecule has 0 aromatic heterocycles. The highest BCUT2D eigenvalue weighted by Crippen LogP contribution is 2.31. The molecule has 1 N–H and O–H groups in total. The van der Waals surface area contributed by atoms with Gasteiger partial charge in [0.15, 0.2) is 0 Å². The summed E-state index contributed by atoms with van der Waals surface area (Å²) in [5, 5.41) is 3.76. The molecule has 20 heavy (non-hydrogen) atoms. The van der Waals surface area contributed by atoms with E-state index in [-0.39, 0.29) is 21.8 Å². The van der Waals surface area contributed by atoms with Crippen LogP contribution in [0.3, 0.4) is 0 Å². The Labute approximate surface area is 127 Å². The van der Waals surface area contributed by atoms with Crippen molar-refractivity contribution < 1.29 is 4.39 Å². The van der Waals surface area contributed by atoms with E-state index in [4.69, 9.17) is 11.6 Å². The van der Waals surface area contributed by atoms with E-state index in [9.17, 15) is 4.39 Å². The first-order chi connectivity index (χ1) is 9.17. The maximum absolute atomic E-state index is 14.1. The molecule has 0 spiro atoms. The lowest BCUT2D eigenvalue weighted by molar-refractivity contribution is 0.241. The van der Waals surface area contributed by atoms with Crippen LogP contribution in [0.2, 0.25) is 5.02 Å². The topological polar surface area (TPSA) is 12.0 Å². The first kappa shape index (κ1) is 17.5. The average Bonchev–Trinajstić information content (AvgIpc) is 2.32. The average molecular weight is 300 g/mol. The van der Waals surface area contributed by atoms with Gasteiger partial charge in [0.1, 0.15) is 5.82 Å². The van der Waals surface area contributed by atoms with E-state index in [0.717, 1.165) is 19.4 Å². The summed E-state index contributed by atoms with van der Waals surface area (Å²) >= 11 is 5.88. The molecule has 0 aliphatic heterocycles. The SMILES string of the molecule is CCCC(C)(CNC(C)(C)C)Cc1cccc(Cl)c1F. The minimum atomic E-state index is -0.271. The predicted molar refractivity (Wildman–Crippen MR) is 85.9 cm³/mol. The molecule has 0 heterocycles. The zero-order valence-corrected chi connectivity index (χ0v) is 14.1.